The van der Waals surface area contributed by atoms with Gasteiger partial charge in [0.15, 0.2) is 11.5 Å². The maximum Gasteiger partial charge on any atom is 0.328 e. The lowest BCUT2D eigenvalue weighted by Crippen LogP contribution is -2.04. The summed E-state index contributed by atoms with van der Waals surface area (Å²) >= 11 is 0. The zero-order chi connectivity index (χ0) is 15.4. The van der Waals surface area contributed by atoms with Gasteiger partial charge < -0.3 is 19.3 Å². The molecule has 21 heavy (non-hydrogen) atoms. The zero-order valence-electron chi connectivity index (χ0n) is 12.3. The molecular weight excluding hydrogens is 272 g/mol. The average molecular weight is 290 g/mol. The number of hydrogen-bond acceptors (Lipinski definition) is 4. The predicted molar refractivity (Wildman–Crippen MR) is 79.2 cm³/mol. The van der Waals surface area contributed by atoms with Crippen LogP contribution >= 0.6 is 0 Å². The molecule has 0 amide bonds. The van der Waals surface area contributed by atoms with Crippen LogP contribution in [0.25, 0.3) is 6.08 Å². The molecule has 0 aromatic heterocycles. The molecule has 0 aliphatic heterocycles. The van der Waals surface area contributed by atoms with E-state index < -0.39 is 5.97 Å². The van der Waals surface area contributed by atoms with Crippen LogP contribution in [-0.2, 0) is 11.2 Å². The number of rotatable bonds is 5. The van der Waals surface area contributed by atoms with Crippen molar-refractivity contribution in [2.75, 3.05) is 21.3 Å². The Balaban J connectivity index is 2.54. The number of carbonyl (C=O) groups is 1. The van der Waals surface area contributed by atoms with Gasteiger partial charge in [0.25, 0.3) is 0 Å². The van der Waals surface area contributed by atoms with Gasteiger partial charge in [0.05, 0.1) is 21.3 Å². The molecule has 0 radical (unpaired) electrons. The van der Waals surface area contributed by atoms with Crippen LogP contribution < -0.4 is 14.2 Å². The second kappa shape index (κ2) is 6.35. The summed E-state index contributed by atoms with van der Waals surface area (Å²) in [6, 6.07) is 1.94. The molecule has 1 aromatic carbocycles. The maximum absolute atomic E-state index is 10.6. The van der Waals surface area contributed by atoms with E-state index in [1.807, 2.05) is 12.1 Å². The van der Waals surface area contributed by atoms with Gasteiger partial charge in [-0.3, -0.25) is 0 Å². The molecule has 0 fully saturated rings. The number of aliphatic carboxylic acids is 1. The van der Waals surface area contributed by atoms with E-state index in [1.54, 1.807) is 27.4 Å². The van der Waals surface area contributed by atoms with Gasteiger partial charge in [-0.15, -0.1) is 0 Å². The topological polar surface area (TPSA) is 65.0 Å². The first kappa shape index (κ1) is 15.0. The highest BCUT2D eigenvalue weighted by atomic mass is 16.5. The zero-order valence-corrected chi connectivity index (χ0v) is 12.3. The first-order valence-electron chi connectivity index (χ1n) is 6.54. The fourth-order valence-corrected chi connectivity index (χ4v) is 2.44. The van der Waals surface area contributed by atoms with Crippen LogP contribution in [0.1, 0.15) is 17.5 Å². The lowest BCUT2D eigenvalue weighted by atomic mass is 9.90. The smallest absolute Gasteiger partial charge is 0.328 e. The molecule has 0 bridgehead atoms. The van der Waals surface area contributed by atoms with Gasteiger partial charge in [0.1, 0.15) is 0 Å². The van der Waals surface area contributed by atoms with Crippen LogP contribution in [0.4, 0.5) is 0 Å². The minimum absolute atomic E-state index is 0.540. The van der Waals surface area contributed by atoms with Gasteiger partial charge in [-0.05, 0) is 36.1 Å². The van der Waals surface area contributed by atoms with Crippen molar-refractivity contribution in [2.24, 2.45) is 0 Å². The fourth-order valence-electron chi connectivity index (χ4n) is 2.44. The molecule has 1 aromatic rings. The number of methoxy groups -OCH3 is 3. The van der Waals surface area contributed by atoms with E-state index in [0.717, 1.165) is 35.6 Å². The molecule has 1 N–H and O–H groups in total. The van der Waals surface area contributed by atoms with Crippen molar-refractivity contribution in [3.8, 4) is 17.2 Å². The summed E-state index contributed by atoms with van der Waals surface area (Å²) in [5.41, 5.74) is 2.94. The summed E-state index contributed by atoms with van der Waals surface area (Å²) in [4.78, 5) is 10.6. The molecule has 0 spiro atoms. The molecule has 1 aliphatic carbocycles. The van der Waals surface area contributed by atoms with E-state index in [9.17, 15) is 4.79 Å². The monoisotopic (exact) mass is 290 g/mol. The molecule has 112 valence electrons. The average Bonchev–Trinajstić information content (AvgIpc) is 2.50. The lowest BCUT2D eigenvalue weighted by Gasteiger charge is -2.21. The lowest BCUT2D eigenvalue weighted by molar-refractivity contribution is -0.131. The summed E-state index contributed by atoms with van der Waals surface area (Å²) < 4.78 is 16.2. The van der Waals surface area contributed by atoms with E-state index in [-0.39, 0.29) is 0 Å². The van der Waals surface area contributed by atoms with Crippen LogP contribution in [-0.4, -0.2) is 32.4 Å². The third-order valence-corrected chi connectivity index (χ3v) is 3.41. The van der Waals surface area contributed by atoms with Crippen molar-refractivity contribution in [2.45, 2.75) is 12.8 Å². The number of carboxylic acids is 1. The van der Waals surface area contributed by atoms with Gasteiger partial charge in [0.2, 0.25) is 5.75 Å². The highest BCUT2D eigenvalue weighted by Gasteiger charge is 2.21. The number of ether oxygens (including phenoxy) is 3. The summed E-state index contributed by atoms with van der Waals surface area (Å²) in [6.07, 6.45) is 6.25. The Bertz CT molecular complexity index is 614. The SMILES string of the molecule is COc1cc2c(c(OC)c1OC)C=C(/C=C/C(=O)O)CC2. The van der Waals surface area contributed by atoms with Gasteiger partial charge in [0, 0.05) is 11.6 Å². The first-order valence-corrected chi connectivity index (χ1v) is 6.54. The van der Waals surface area contributed by atoms with Crippen LogP contribution in [0.15, 0.2) is 23.8 Å². The first-order chi connectivity index (χ1) is 10.1. The van der Waals surface area contributed by atoms with Crippen molar-refractivity contribution >= 4 is 12.0 Å². The van der Waals surface area contributed by atoms with Crippen LogP contribution in [0.3, 0.4) is 0 Å². The molecule has 0 unspecified atom stereocenters. The van der Waals surface area contributed by atoms with Crippen LogP contribution in [0.2, 0.25) is 0 Å². The number of hydrogen-bond donors (Lipinski definition) is 1. The maximum atomic E-state index is 10.6. The van der Waals surface area contributed by atoms with Crippen LogP contribution in [0, 0.1) is 0 Å². The third kappa shape index (κ3) is 3.02. The van der Waals surface area contributed by atoms with E-state index in [0.29, 0.717) is 17.2 Å². The van der Waals surface area contributed by atoms with Crippen molar-refractivity contribution in [1.82, 2.24) is 0 Å². The second-order valence-corrected chi connectivity index (χ2v) is 4.61. The molecule has 0 heterocycles. The number of aryl methyl sites for hydroxylation is 1. The van der Waals surface area contributed by atoms with Crippen LogP contribution in [0.5, 0.6) is 17.2 Å². The second-order valence-electron chi connectivity index (χ2n) is 4.61. The molecule has 0 atom stereocenters. The summed E-state index contributed by atoms with van der Waals surface area (Å²) in [5, 5.41) is 8.72. The Morgan fingerprint density at radius 1 is 1.14 bits per heavy atom. The minimum Gasteiger partial charge on any atom is -0.493 e. The quantitative estimate of drug-likeness (QED) is 0.845. The third-order valence-electron chi connectivity index (χ3n) is 3.41. The highest BCUT2D eigenvalue weighted by molar-refractivity contribution is 5.81. The summed E-state index contributed by atoms with van der Waals surface area (Å²) in [5.74, 6) is 0.818. The molecular formula is C16H18O5. The highest BCUT2D eigenvalue weighted by Crippen LogP contribution is 2.45. The van der Waals surface area contributed by atoms with Gasteiger partial charge in [-0.1, -0.05) is 6.08 Å². The van der Waals surface area contributed by atoms with Gasteiger partial charge in [-0.25, -0.2) is 4.79 Å². The Hall–Kier alpha value is -2.43. The van der Waals surface area contributed by atoms with Crippen molar-refractivity contribution in [3.05, 3.63) is 34.9 Å². The Morgan fingerprint density at radius 3 is 2.43 bits per heavy atom. The van der Waals surface area contributed by atoms with Crippen molar-refractivity contribution in [3.63, 3.8) is 0 Å². The Kier molecular flexibility index (Phi) is 4.52. The Labute approximate surface area is 123 Å². The van der Waals surface area contributed by atoms with E-state index in [1.165, 1.54) is 0 Å². The molecule has 2 rings (SSSR count). The van der Waals surface area contributed by atoms with E-state index in [4.69, 9.17) is 19.3 Å². The Morgan fingerprint density at radius 2 is 1.86 bits per heavy atom. The fraction of sp³-hybridized carbons (Fsp3) is 0.312. The molecule has 5 heteroatoms. The molecule has 1 aliphatic rings. The summed E-state index contributed by atoms with van der Waals surface area (Å²) in [7, 11) is 4.72. The number of fused-ring (bicyclic) bond motifs is 1. The van der Waals surface area contributed by atoms with Crippen molar-refractivity contribution in [1.29, 1.82) is 0 Å². The van der Waals surface area contributed by atoms with Gasteiger partial charge >= 0.3 is 5.97 Å². The number of carboxylic acid groups (broad SMARTS) is 1. The standard InChI is InChI=1S/C16H18O5/c1-19-13-9-11-6-4-10(5-7-14(17)18)8-12(11)15(20-2)16(13)21-3/h5,7-9H,4,6H2,1-3H3,(H,17,18)/b7-5+. The molecule has 5 nitrogen and oxygen atoms in total. The normalized spacial score (nSPS) is 13.6. The number of benzene rings is 1. The van der Waals surface area contributed by atoms with Gasteiger partial charge in [-0.2, -0.15) is 0 Å². The van der Waals surface area contributed by atoms with E-state index in [2.05, 4.69) is 0 Å². The summed E-state index contributed by atoms with van der Waals surface area (Å²) in [6.45, 7) is 0. The number of allylic oxidation sites excluding steroid dienone is 2. The van der Waals surface area contributed by atoms with E-state index >= 15 is 0 Å². The minimum atomic E-state index is -0.957. The predicted octanol–water partition coefficient (Wildman–Crippen LogP) is 2.68. The molecule has 0 saturated heterocycles. The largest absolute Gasteiger partial charge is 0.493 e. The van der Waals surface area contributed by atoms with Crippen molar-refractivity contribution < 1.29 is 24.1 Å². The molecule has 0 saturated carbocycles.